The van der Waals surface area contributed by atoms with E-state index in [2.05, 4.69) is 17.1 Å². The molecule has 1 aliphatic rings. The van der Waals surface area contributed by atoms with E-state index in [1.54, 1.807) is 0 Å². The summed E-state index contributed by atoms with van der Waals surface area (Å²) < 4.78 is 11.0. The number of unbranched alkanes of at least 4 members (excludes halogenated alkanes) is 2. The quantitative estimate of drug-likeness (QED) is 0.586. The number of nitrogens with one attached hydrogen (secondary N) is 1. The summed E-state index contributed by atoms with van der Waals surface area (Å²) in [5.41, 5.74) is 1.74. The predicted octanol–water partition coefficient (Wildman–Crippen LogP) is 4.85. The topological polar surface area (TPSA) is 50.8 Å². The maximum Gasteiger partial charge on any atom is 0.411 e. The molecule has 0 radical (unpaired) electrons. The van der Waals surface area contributed by atoms with E-state index >= 15 is 0 Å². The molecular weight excluding hydrogens is 352 g/mol. The molecule has 1 fully saturated rings. The van der Waals surface area contributed by atoms with Gasteiger partial charge in [-0.15, -0.1) is 12.4 Å². The average molecular weight is 385 g/mol. The van der Waals surface area contributed by atoms with Gasteiger partial charge in [-0.05, 0) is 38.4 Å². The maximum atomic E-state index is 12.0. The van der Waals surface area contributed by atoms with Gasteiger partial charge in [0.15, 0.2) is 0 Å². The van der Waals surface area contributed by atoms with E-state index in [1.807, 2.05) is 24.3 Å². The van der Waals surface area contributed by atoms with E-state index in [4.69, 9.17) is 9.47 Å². The minimum Gasteiger partial charge on any atom is -0.448 e. The van der Waals surface area contributed by atoms with Gasteiger partial charge in [-0.3, -0.25) is 10.2 Å². The minimum absolute atomic E-state index is 0. The highest BCUT2D eigenvalue weighted by molar-refractivity contribution is 5.85. The zero-order chi connectivity index (χ0) is 17.7. The number of para-hydroxylation sites is 1. The first-order valence-corrected chi connectivity index (χ1v) is 9.61. The lowest BCUT2D eigenvalue weighted by molar-refractivity contribution is 0.117. The normalized spacial score (nSPS) is 14.5. The number of nitrogens with zero attached hydrogens (tertiary/aromatic N) is 1. The van der Waals surface area contributed by atoms with Gasteiger partial charge in [0.2, 0.25) is 0 Å². The highest BCUT2D eigenvalue weighted by Crippen LogP contribution is 2.16. The van der Waals surface area contributed by atoms with Crippen LogP contribution >= 0.6 is 12.4 Å². The fraction of sp³-hybridized carbons (Fsp3) is 0.650. The molecule has 0 saturated carbocycles. The highest BCUT2D eigenvalue weighted by Gasteiger charge is 2.11. The van der Waals surface area contributed by atoms with Gasteiger partial charge in [0.05, 0.1) is 6.61 Å². The van der Waals surface area contributed by atoms with Crippen LogP contribution in [0, 0.1) is 0 Å². The number of hydrogen-bond acceptors (Lipinski definition) is 4. The fourth-order valence-corrected chi connectivity index (χ4v) is 3.00. The van der Waals surface area contributed by atoms with Crippen molar-refractivity contribution in [2.75, 3.05) is 38.2 Å². The molecule has 0 atom stereocenters. The summed E-state index contributed by atoms with van der Waals surface area (Å²) in [5, 5.41) is 2.84. The van der Waals surface area contributed by atoms with Gasteiger partial charge in [0.1, 0.15) is 6.61 Å². The monoisotopic (exact) mass is 384 g/mol. The number of likely N-dealkylation sites (tertiary alicyclic amines) is 1. The summed E-state index contributed by atoms with van der Waals surface area (Å²) in [4.78, 5) is 14.4. The van der Waals surface area contributed by atoms with Crippen LogP contribution in [0.15, 0.2) is 24.3 Å². The smallest absolute Gasteiger partial charge is 0.411 e. The van der Waals surface area contributed by atoms with E-state index in [9.17, 15) is 4.79 Å². The molecular formula is C20H33ClN2O3. The molecule has 0 aromatic heterocycles. The molecule has 148 valence electrons. The van der Waals surface area contributed by atoms with Crippen molar-refractivity contribution in [2.45, 2.75) is 52.1 Å². The molecule has 6 heteroatoms. The number of piperidine rings is 1. The van der Waals surface area contributed by atoms with Gasteiger partial charge in [0.25, 0.3) is 0 Å². The van der Waals surface area contributed by atoms with Crippen molar-refractivity contribution in [3.05, 3.63) is 29.8 Å². The first-order chi connectivity index (χ1) is 12.3. The van der Waals surface area contributed by atoms with Crippen LogP contribution in [0.5, 0.6) is 0 Å². The number of hydrogen-bond donors (Lipinski definition) is 1. The minimum atomic E-state index is -0.393. The molecule has 0 bridgehead atoms. The number of carbonyl (C=O) groups excluding carboxylic acids is 1. The molecule has 5 nitrogen and oxygen atoms in total. The second-order valence-corrected chi connectivity index (χ2v) is 6.58. The molecule has 1 heterocycles. The van der Waals surface area contributed by atoms with Crippen LogP contribution in [-0.4, -0.2) is 43.8 Å². The van der Waals surface area contributed by atoms with Crippen molar-refractivity contribution in [1.29, 1.82) is 0 Å². The Labute approximate surface area is 163 Å². The van der Waals surface area contributed by atoms with Crippen LogP contribution in [0.4, 0.5) is 10.5 Å². The third-order valence-electron chi connectivity index (χ3n) is 4.49. The lowest BCUT2D eigenvalue weighted by Gasteiger charge is -2.25. The summed E-state index contributed by atoms with van der Waals surface area (Å²) in [6, 6.07) is 7.72. The van der Waals surface area contributed by atoms with Crippen molar-refractivity contribution < 1.29 is 14.3 Å². The summed E-state index contributed by atoms with van der Waals surface area (Å²) in [6.07, 6.45) is 6.86. The number of anilines is 1. The zero-order valence-corrected chi connectivity index (χ0v) is 16.7. The molecule has 0 spiro atoms. The predicted molar refractivity (Wildman–Crippen MR) is 108 cm³/mol. The maximum absolute atomic E-state index is 12.0. The lowest BCUT2D eigenvalue weighted by atomic mass is 10.1. The highest BCUT2D eigenvalue weighted by atomic mass is 35.5. The number of ether oxygens (including phenoxy) is 2. The first kappa shape index (κ1) is 22.7. The summed E-state index contributed by atoms with van der Waals surface area (Å²) in [7, 11) is 0. The van der Waals surface area contributed by atoms with Crippen LogP contribution in [0.3, 0.4) is 0 Å². The molecule has 1 amide bonds. The van der Waals surface area contributed by atoms with E-state index in [1.165, 1.54) is 32.1 Å². The number of benzene rings is 1. The van der Waals surface area contributed by atoms with Crippen molar-refractivity contribution in [1.82, 2.24) is 4.90 Å². The van der Waals surface area contributed by atoms with Crippen LogP contribution < -0.4 is 5.32 Å². The van der Waals surface area contributed by atoms with Crippen molar-refractivity contribution >= 4 is 24.2 Å². The Bertz CT molecular complexity index is 508. The van der Waals surface area contributed by atoms with Gasteiger partial charge in [0, 0.05) is 24.4 Å². The molecule has 26 heavy (non-hydrogen) atoms. The van der Waals surface area contributed by atoms with Crippen LogP contribution in [0.2, 0.25) is 0 Å². The third kappa shape index (κ3) is 8.88. The van der Waals surface area contributed by atoms with E-state index in [0.717, 1.165) is 43.9 Å². The Hall–Kier alpha value is -1.30. The largest absolute Gasteiger partial charge is 0.448 e. The number of rotatable bonds is 10. The van der Waals surface area contributed by atoms with Crippen LogP contribution in [0.25, 0.3) is 0 Å². The van der Waals surface area contributed by atoms with Crippen molar-refractivity contribution in [3.8, 4) is 0 Å². The molecule has 1 saturated heterocycles. The molecule has 1 aromatic carbocycles. The Morgan fingerprint density at radius 3 is 2.65 bits per heavy atom. The SMILES string of the molecule is CCCCCOCc1ccccc1NC(=O)OCCN1CCCCC1.Cl. The molecule has 0 unspecified atom stereocenters. The molecule has 1 aliphatic heterocycles. The van der Waals surface area contributed by atoms with Gasteiger partial charge >= 0.3 is 6.09 Å². The van der Waals surface area contributed by atoms with Crippen LogP contribution in [-0.2, 0) is 16.1 Å². The van der Waals surface area contributed by atoms with Crippen molar-refractivity contribution in [2.24, 2.45) is 0 Å². The number of carbonyl (C=O) groups is 1. The summed E-state index contributed by atoms with van der Waals surface area (Å²) in [5.74, 6) is 0. The van der Waals surface area contributed by atoms with Crippen LogP contribution in [0.1, 0.15) is 51.0 Å². The average Bonchev–Trinajstić information content (AvgIpc) is 2.64. The second-order valence-electron chi connectivity index (χ2n) is 6.58. The van der Waals surface area contributed by atoms with E-state index < -0.39 is 6.09 Å². The lowest BCUT2D eigenvalue weighted by Crippen LogP contribution is -2.33. The number of amides is 1. The Morgan fingerprint density at radius 2 is 1.88 bits per heavy atom. The van der Waals surface area contributed by atoms with E-state index in [0.29, 0.717) is 13.2 Å². The van der Waals surface area contributed by atoms with E-state index in [-0.39, 0.29) is 12.4 Å². The summed E-state index contributed by atoms with van der Waals surface area (Å²) >= 11 is 0. The standard InChI is InChI=1S/C20H32N2O3.ClH/c1-2-3-9-15-24-17-18-10-5-6-11-19(18)21-20(23)25-16-14-22-12-7-4-8-13-22;/h5-6,10-11H,2-4,7-9,12-17H2,1H3,(H,21,23);1H. The Kier molecular flexibility index (Phi) is 12.1. The first-order valence-electron chi connectivity index (χ1n) is 9.61. The summed E-state index contributed by atoms with van der Waals surface area (Å²) in [6.45, 7) is 6.91. The zero-order valence-electron chi connectivity index (χ0n) is 15.9. The van der Waals surface area contributed by atoms with Gasteiger partial charge in [-0.2, -0.15) is 0 Å². The molecule has 0 aliphatic carbocycles. The molecule has 2 rings (SSSR count). The van der Waals surface area contributed by atoms with Gasteiger partial charge < -0.3 is 9.47 Å². The Balaban J connectivity index is 0.00000338. The third-order valence-corrected chi connectivity index (χ3v) is 4.49. The number of halogens is 1. The second kappa shape index (κ2) is 13.8. The van der Waals surface area contributed by atoms with Gasteiger partial charge in [-0.1, -0.05) is 44.4 Å². The molecule has 1 N–H and O–H groups in total. The Morgan fingerprint density at radius 1 is 1.12 bits per heavy atom. The molecule has 1 aromatic rings. The van der Waals surface area contributed by atoms with Gasteiger partial charge in [-0.25, -0.2) is 4.79 Å². The fourth-order valence-electron chi connectivity index (χ4n) is 3.00. The van der Waals surface area contributed by atoms with Crippen molar-refractivity contribution in [3.63, 3.8) is 0 Å².